The molecule has 1 unspecified atom stereocenters. The van der Waals surface area contributed by atoms with Gasteiger partial charge in [-0.05, 0) is 32.7 Å². The summed E-state index contributed by atoms with van der Waals surface area (Å²) in [5.74, 6) is 1.01. The fraction of sp³-hybridized carbons (Fsp3) is 0.917. The van der Waals surface area contributed by atoms with Gasteiger partial charge in [0.25, 0.3) is 0 Å². The highest BCUT2D eigenvalue weighted by molar-refractivity contribution is 5.80. The first-order valence-corrected chi connectivity index (χ1v) is 6.12. The molecule has 0 aliphatic carbocycles. The molecular weight excluding hydrogens is 188 g/mol. The molecule has 0 radical (unpaired) electrons. The van der Waals surface area contributed by atoms with Crippen LogP contribution in [0.2, 0.25) is 0 Å². The maximum Gasteiger partial charge on any atom is 0.227 e. The van der Waals surface area contributed by atoms with Gasteiger partial charge < -0.3 is 10.2 Å². The van der Waals surface area contributed by atoms with Gasteiger partial charge in [0.05, 0.1) is 5.92 Å². The minimum Gasteiger partial charge on any atom is -0.340 e. The summed E-state index contributed by atoms with van der Waals surface area (Å²) in [7, 11) is 0. The third-order valence-corrected chi connectivity index (χ3v) is 3.58. The van der Waals surface area contributed by atoms with Crippen molar-refractivity contribution in [3.8, 4) is 0 Å². The third kappa shape index (κ3) is 2.71. The van der Waals surface area contributed by atoms with Gasteiger partial charge in [0.1, 0.15) is 0 Å². The van der Waals surface area contributed by atoms with Gasteiger partial charge in [-0.1, -0.05) is 13.8 Å². The molecule has 0 spiro atoms. The number of carbonyl (C=O) groups excluding carboxylic acids is 1. The molecule has 1 saturated heterocycles. The molecule has 1 fully saturated rings. The predicted molar refractivity (Wildman–Crippen MR) is 62.7 cm³/mol. The summed E-state index contributed by atoms with van der Waals surface area (Å²) >= 11 is 0. The number of nitrogens with zero attached hydrogens (tertiary/aromatic N) is 1. The van der Waals surface area contributed by atoms with E-state index in [1.807, 2.05) is 4.90 Å². The number of carbonyl (C=O) groups is 1. The van der Waals surface area contributed by atoms with Crippen molar-refractivity contribution in [2.24, 2.45) is 11.8 Å². The van der Waals surface area contributed by atoms with Crippen molar-refractivity contribution in [1.82, 2.24) is 10.2 Å². The first kappa shape index (κ1) is 12.5. The van der Waals surface area contributed by atoms with Crippen LogP contribution in [0.3, 0.4) is 0 Å². The second-order valence-electron chi connectivity index (χ2n) is 4.62. The maximum absolute atomic E-state index is 12.3. The smallest absolute Gasteiger partial charge is 0.227 e. The molecule has 0 aromatic heterocycles. The highest BCUT2D eigenvalue weighted by Crippen LogP contribution is 2.20. The minimum absolute atomic E-state index is 0.193. The van der Waals surface area contributed by atoms with E-state index in [9.17, 15) is 4.79 Å². The fourth-order valence-corrected chi connectivity index (χ4v) is 2.26. The fourth-order valence-electron chi connectivity index (χ4n) is 2.26. The molecule has 1 amide bonds. The summed E-state index contributed by atoms with van der Waals surface area (Å²) in [4.78, 5) is 14.3. The van der Waals surface area contributed by atoms with Gasteiger partial charge in [0.15, 0.2) is 0 Å². The van der Waals surface area contributed by atoms with Crippen LogP contribution in [-0.4, -0.2) is 36.5 Å². The van der Waals surface area contributed by atoms with Gasteiger partial charge in [-0.25, -0.2) is 0 Å². The average molecular weight is 212 g/mol. The van der Waals surface area contributed by atoms with Crippen molar-refractivity contribution in [3.63, 3.8) is 0 Å². The molecule has 0 bridgehead atoms. The van der Waals surface area contributed by atoms with Gasteiger partial charge in [0.2, 0.25) is 5.91 Å². The molecule has 0 aromatic rings. The summed E-state index contributed by atoms with van der Waals surface area (Å²) in [6.45, 7) is 11.2. The molecule has 88 valence electrons. The van der Waals surface area contributed by atoms with E-state index >= 15 is 0 Å². The average Bonchev–Trinajstić information content (AvgIpc) is 2.65. The van der Waals surface area contributed by atoms with Gasteiger partial charge in [-0.15, -0.1) is 0 Å². The second-order valence-corrected chi connectivity index (χ2v) is 4.62. The molecule has 15 heavy (non-hydrogen) atoms. The van der Waals surface area contributed by atoms with Crippen molar-refractivity contribution in [1.29, 1.82) is 0 Å². The molecule has 1 N–H and O–H groups in total. The summed E-state index contributed by atoms with van der Waals surface area (Å²) in [6.07, 6.45) is 1.04. The number of hydrogen-bond donors (Lipinski definition) is 1. The van der Waals surface area contributed by atoms with Crippen LogP contribution in [0.25, 0.3) is 0 Å². The molecule has 0 saturated carbocycles. The van der Waals surface area contributed by atoms with Crippen LogP contribution < -0.4 is 5.32 Å². The van der Waals surface area contributed by atoms with Gasteiger partial charge in [-0.3, -0.25) is 4.79 Å². The van der Waals surface area contributed by atoms with Crippen molar-refractivity contribution >= 4 is 5.91 Å². The molecule has 3 atom stereocenters. The summed E-state index contributed by atoms with van der Waals surface area (Å²) in [5.41, 5.74) is 0. The molecule has 1 aliphatic heterocycles. The first-order chi connectivity index (χ1) is 7.11. The lowest BCUT2D eigenvalue weighted by atomic mass is 9.96. The lowest BCUT2D eigenvalue weighted by Gasteiger charge is -2.30. The largest absolute Gasteiger partial charge is 0.340 e. The van der Waals surface area contributed by atoms with Crippen molar-refractivity contribution < 1.29 is 4.79 Å². The SMILES string of the molecule is CCC(C)N(CC)C(=O)[C@@H]1CNC[C@H]1C. The van der Waals surface area contributed by atoms with Crippen LogP contribution >= 0.6 is 0 Å². The van der Waals surface area contributed by atoms with Crippen LogP contribution in [0.15, 0.2) is 0 Å². The molecule has 1 aliphatic rings. The molecule has 1 rings (SSSR count). The van der Waals surface area contributed by atoms with E-state index in [1.165, 1.54) is 0 Å². The first-order valence-electron chi connectivity index (χ1n) is 6.12. The Labute approximate surface area is 93.2 Å². The molecule has 1 heterocycles. The Kier molecular flexibility index (Phi) is 4.58. The Morgan fingerprint density at radius 3 is 2.53 bits per heavy atom. The van der Waals surface area contributed by atoms with Crippen LogP contribution in [0.1, 0.15) is 34.1 Å². The quantitative estimate of drug-likeness (QED) is 0.765. The van der Waals surface area contributed by atoms with Crippen molar-refractivity contribution in [2.75, 3.05) is 19.6 Å². The van der Waals surface area contributed by atoms with Gasteiger partial charge >= 0.3 is 0 Å². The van der Waals surface area contributed by atoms with E-state index in [0.717, 1.165) is 26.1 Å². The topological polar surface area (TPSA) is 32.3 Å². The van der Waals surface area contributed by atoms with Crippen molar-refractivity contribution in [2.45, 2.75) is 40.2 Å². The van der Waals surface area contributed by atoms with E-state index in [4.69, 9.17) is 0 Å². The zero-order valence-electron chi connectivity index (χ0n) is 10.4. The predicted octanol–water partition coefficient (Wildman–Crippen LogP) is 1.49. The van der Waals surface area contributed by atoms with E-state index in [0.29, 0.717) is 17.9 Å². The molecule has 3 heteroatoms. The minimum atomic E-state index is 0.193. The normalized spacial score (nSPS) is 27.7. The van der Waals surface area contributed by atoms with Gasteiger partial charge in [-0.2, -0.15) is 0 Å². The Morgan fingerprint density at radius 2 is 2.13 bits per heavy atom. The Bertz CT molecular complexity index is 218. The zero-order chi connectivity index (χ0) is 11.4. The van der Waals surface area contributed by atoms with E-state index < -0.39 is 0 Å². The lowest BCUT2D eigenvalue weighted by molar-refractivity contribution is -0.137. The Morgan fingerprint density at radius 1 is 1.47 bits per heavy atom. The van der Waals surface area contributed by atoms with Crippen molar-refractivity contribution in [3.05, 3.63) is 0 Å². The molecular formula is C12H24N2O. The molecule has 3 nitrogen and oxygen atoms in total. The number of nitrogens with one attached hydrogen (secondary N) is 1. The number of amides is 1. The summed E-state index contributed by atoms with van der Waals surface area (Å²) < 4.78 is 0. The van der Waals surface area contributed by atoms with Gasteiger partial charge in [0, 0.05) is 19.1 Å². The highest BCUT2D eigenvalue weighted by Gasteiger charge is 2.33. The van der Waals surface area contributed by atoms with Crippen LogP contribution in [0, 0.1) is 11.8 Å². The van der Waals surface area contributed by atoms with Crippen LogP contribution in [0.4, 0.5) is 0 Å². The summed E-state index contributed by atoms with van der Waals surface area (Å²) in [6, 6.07) is 0.371. The third-order valence-electron chi connectivity index (χ3n) is 3.58. The van der Waals surface area contributed by atoms with Crippen LogP contribution in [0.5, 0.6) is 0 Å². The Balaban J connectivity index is 2.63. The Hall–Kier alpha value is -0.570. The lowest BCUT2D eigenvalue weighted by Crippen LogP contribution is -2.43. The molecule has 0 aromatic carbocycles. The second kappa shape index (κ2) is 5.50. The standard InChI is InChI=1S/C12H24N2O/c1-5-10(4)14(6-2)12(15)11-8-13-7-9(11)3/h9-11,13H,5-8H2,1-4H3/t9-,10?,11-/m1/s1. The van der Waals surface area contributed by atoms with E-state index in [1.54, 1.807) is 0 Å². The number of rotatable bonds is 4. The van der Waals surface area contributed by atoms with E-state index in [2.05, 4.69) is 33.0 Å². The summed E-state index contributed by atoms with van der Waals surface area (Å²) in [5, 5.41) is 3.29. The number of hydrogen-bond acceptors (Lipinski definition) is 2. The zero-order valence-corrected chi connectivity index (χ0v) is 10.4. The van der Waals surface area contributed by atoms with Crippen LogP contribution in [-0.2, 0) is 4.79 Å². The van der Waals surface area contributed by atoms with E-state index in [-0.39, 0.29) is 5.92 Å². The monoisotopic (exact) mass is 212 g/mol. The maximum atomic E-state index is 12.3. The highest BCUT2D eigenvalue weighted by atomic mass is 16.2.